The van der Waals surface area contributed by atoms with Gasteiger partial charge in [-0.3, -0.25) is 4.90 Å². The number of nitrogens with one attached hydrogen (secondary N) is 1. The second-order valence-corrected chi connectivity index (χ2v) is 5.45. The molecule has 1 aromatic rings. The highest BCUT2D eigenvalue weighted by atomic mass is 16.3. The molecular formula is C15H24N2O2. The summed E-state index contributed by atoms with van der Waals surface area (Å²) in [4.78, 5) is 2.35. The number of hydrogen-bond donors (Lipinski definition) is 3. The topological polar surface area (TPSA) is 55.7 Å². The highest BCUT2D eigenvalue weighted by Gasteiger charge is 2.26. The lowest BCUT2D eigenvalue weighted by molar-refractivity contribution is 0.128. The number of phenols is 2. The molecule has 1 fully saturated rings. The number of hydrogen-bond acceptors (Lipinski definition) is 4. The Morgan fingerprint density at radius 2 is 2.05 bits per heavy atom. The number of benzene rings is 1. The molecule has 2 atom stereocenters. The van der Waals surface area contributed by atoms with Gasteiger partial charge < -0.3 is 15.5 Å². The quantitative estimate of drug-likeness (QED) is 0.779. The molecule has 0 radical (unpaired) electrons. The lowest BCUT2D eigenvalue weighted by atomic mass is 9.94. The van der Waals surface area contributed by atoms with Gasteiger partial charge in [-0.15, -0.1) is 0 Å². The SMILES string of the molecule is CNCC1CCCN(C(C)c2c(O)cccc2O)C1. The lowest BCUT2D eigenvalue weighted by Crippen LogP contribution is -2.40. The van der Waals surface area contributed by atoms with E-state index in [0.717, 1.165) is 19.6 Å². The summed E-state index contributed by atoms with van der Waals surface area (Å²) in [6.07, 6.45) is 2.42. The van der Waals surface area contributed by atoms with E-state index in [-0.39, 0.29) is 17.5 Å². The van der Waals surface area contributed by atoms with Crippen LogP contribution in [0.25, 0.3) is 0 Å². The van der Waals surface area contributed by atoms with Gasteiger partial charge in [-0.25, -0.2) is 0 Å². The first-order chi connectivity index (χ1) is 9.13. The van der Waals surface area contributed by atoms with Gasteiger partial charge in [0.2, 0.25) is 0 Å². The Morgan fingerprint density at radius 3 is 2.68 bits per heavy atom. The molecule has 3 N–H and O–H groups in total. The maximum Gasteiger partial charge on any atom is 0.124 e. The summed E-state index contributed by atoms with van der Waals surface area (Å²) in [5.74, 6) is 1.01. The molecule has 106 valence electrons. The zero-order valence-electron chi connectivity index (χ0n) is 11.8. The minimum atomic E-state index is 0.0425. The molecule has 19 heavy (non-hydrogen) atoms. The van der Waals surface area contributed by atoms with E-state index in [1.54, 1.807) is 18.2 Å². The van der Waals surface area contributed by atoms with Crippen molar-refractivity contribution in [3.05, 3.63) is 23.8 Å². The van der Waals surface area contributed by atoms with E-state index in [9.17, 15) is 10.2 Å². The van der Waals surface area contributed by atoms with Crippen molar-refractivity contribution in [2.75, 3.05) is 26.7 Å². The van der Waals surface area contributed by atoms with Crippen LogP contribution in [0.15, 0.2) is 18.2 Å². The second-order valence-electron chi connectivity index (χ2n) is 5.45. The molecule has 0 spiro atoms. The molecule has 1 saturated heterocycles. The van der Waals surface area contributed by atoms with Gasteiger partial charge in [-0.05, 0) is 58.0 Å². The van der Waals surface area contributed by atoms with Crippen molar-refractivity contribution >= 4 is 0 Å². The van der Waals surface area contributed by atoms with Crippen LogP contribution in [0.5, 0.6) is 11.5 Å². The maximum atomic E-state index is 9.96. The largest absolute Gasteiger partial charge is 0.507 e. The summed E-state index contributed by atoms with van der Waals surface area (Å²) >= 11 is 0. The third kappa shape index (κ3) is 3.19. The first-order valence-electron chi connectivity index (χ1n) is 7.03. The molecule has 4 heteroatoms. The number of phenolic OH excluding ortho intramolecular Hbond substituents is 2. The van der Waals surface area contributed by atoms with Crippen molar-refractivity contribution in [3.63, 3.8) is 0 Å². The van der Waals surface area contributed by atoms with Crippen LogP contribution in [0, 0.1) is 5.92 Å². The van der Waals surface area contributed by atoms with Crippen LogP contribution < -0.4 is 5.32 Å². The molecule has 2 unspecified atom stereocenters. The van der Waals surface area contributed by atoms with Crippen LogP contribution >= 0.6 is 0 Å². The molecule has 0 amide bonds. The van der Waals surface area contributed by atoms with Crippen LogP contribution in [0.3, 0.4) is 0 Å². The molecule has 1 aromatic carbocycles. The molecule has 0 aliphatic carbocycles. The summed E-state index contributed by atoms with van der Waals surface area (Å²) in [5, 5.41) is 23.2. The Morgan fingerprint density at radius 1 is 1.37 bits per heavy atom. The fourth-order valence-corrected chi connectivity index (χ4v) is 3.06. The number of nitrogens with zero attached hydrogens (tertiary/aromatic N) is 1. The van der Waals surface area contributed by atoms with Gasteiger partial charge in [0.15, 0.2) is 0 Å². The van der Waals surface area contributed by atoms with E-state index in [2.05, 4.69) is 17.1 Å². The molecule has 1 aliphatic rings. The molecule has 1 aliphatic heterocycles. The highest BCUT2D eigenvalue weighted by molar-refractivity contribution is 5.45. The minimum Gasteiger partial charge on any atom is -0.507 e. The molecule has 4 nitrogen and oxygen atoms in total. The van der Waals surface area contributed by atoms with Crippen molar-refractivity contribution in [1.29, 1.82) is 0 Å². The van der Waals surface area contributed by atoms with E-state index in [1.807, 2.05) is 7.05 Å². The van der Waals surface area contributed by atoms with Gasteiger partial charge in [-0.1, -0.05) is 6.07 Å². The maximum absolute atomic E-state index is 9.96. The number of rotatable bonds is 4. The van der Waals surface area contributed by atoms with E-state index >= 15 is 0 Å². The summed E-state index contributed by atoms with van der Waals surface area (Å²) in [6.45, 7) is 5.11. The highest BCUT2D eigenvalue weighted by Crippen LogP contribution is 2.37. The Kier molecular flexibility index (Phi) is 4.66. The Labute approximate surface area is 115 Å². The zero-order chi connectivity index (χ0) is 13.8. The van der Waals surface area contributed by atoms with E-state index < -0.39 is 0 Å². The molecule has 0 aromatic heterocycles. The smallest absolute Gasteiger partial charge is 0.124 e. The average Bonchev–Trinajstić information content (AvgIpc) is 2.39. The van der Waals surface area contributed by atoms with Crippen LogP contribution in [-0.2, 0) is 0 Å². The number of aromatic hydroxyl groups is 2. The number of likely N-dealkylation sites (tertiary alicyclic amines) is 1. The van der Waals surface area contributed by atoms with E-state index in [4.69, 9.17) is 0 Å². The van der Waals surface area contributed by atoms with E-state index in [1.165, 1.54) is 12.8 Å². The Bertz CT molecular complexity index is 400. The third-order valence-electron chi connectivity index (χ3n) is 4.07. The van der Waals surface area contributed by atoms with Crippen molar-refractivity contribution in [2.24, 2.45) is 5.92 Å². The van der Waals surface area contributed by atoms with Crippen molar-refractivity contribution in [2.45, 2.75) is 25.8 Å². The van der Waals surface area contributed by atoms with Gasteiger partial charge in [0, 0.05) is 12.6 Å². The molecule has 0 bridgehead atoms. The summed E-state index contributed by atoms with van der Waals surface area (Å²) in [5.41, 5.74) is 0.646. The summed E-state index contributed by atoms with van der Waals surface area (Å²) < 4.78 is 0. The predicted octanol–water partition coefficient (Wildman–Crippen LogP) is 2.09. The fraction of sp³-hybridized carbons (Fsp3) is 0.600. The first kappa shape index (κ1) is 14.2. The van der Waals surface area contributed by atoms with E-state index in [0.29, 0.717) is 11.5 Å². The van der Waals surface area contributed by atoms with Crippen LogP contribution in [0.1, 0.15) is 31.4 Å². The fourth-order valence-electron chi connectivity index (χ4n) is 3.06. The first-order valence-corrected chi connectivity index (χ1v) is 7.03. The Balaban J connectivity index is 2.12. The monoisotopic (exact) mass is 264 g/mol. The van der Waals surface area contributed by atoms with Crippen LogP contribution in [0.4, 0.5) is 0 Å². The Hall–Kier alpha value is -1.26. The lowest BCUT2D eigenvalue weighted by Gasteiger charge is -2.37. The molecule has 2 rings (SSSR count). The number of piperidine rings is 1. The van der Waals surface area contributed by atoms with Crippen molar-refractivity contribution < 1.29 is 10.2 Å². The van der Waals surface area contributed by atoms with Gasteiger partial charge in [-0.2, -0.15) is 0 Å². The third-order valence-corrected chi connectivity index (χ3v) is 4.07. The van der Waals surface area contributed by atoms with Gasteiger partial charge in [0.05, 0.1) is 5.56 Å². The molecule has 1 heterocycles. The predicted molar refractivity (Wildman–Crippen MR) is 76.4 cm³/mol. The van der Waals surface area contributed by atoms with Crippen molar-refractivity contribution in [3.8, 4) is 11.5 Å². The standard InChI is InChI=1S/C15H24N2O2/c1-11(15-13(18)6-3-7-14(15)19)17-8-4-5-12(10-17)9-16-2/h3,6-7,11-12,16,18-19H,4-5,8-10H2,1-2H3. The zero-order valence-corrected chi connectivity index (χ0v) is 11.8. The van der Waals surface area contributed by atoms with Gasteiger partial charge in [0.25, 0.3) is 0 Å². The molecular weight excluding hydrogens is 240 g/mol. The summed E-state index contributed by atoms with van der Waals surface area (Å²) in [6, 6.07) is 4.99. The normalized spacial score (nSPS) is 22.3. The van der Waals surface area contributed by atoms with Crippen LogP contribution in [-0.4, -0.2) is 41.8 Å². The van der Waals surface area contributed by atoms with Gasteiger partial charge >= 0.3 is 0 Å². The second kappa shape index (κ2) is 6.26. The van der Waals surface area contributed by atoms with Crippen molar-refractivity contribution in [1.82, 2.24) is 10.2 Å². The minimum absolute atomic E-state index is 0.0425. The average molecular weight is 264 g/mol. The van der Waals surface area contributed by atoms with Gasteiger partial charge in [0.1, 0.15) is 11.5 Å². The molecule has 0 saturated carbocycles. The van der Waals surface area contributed by atoms with Crippen LogP contribution in [0.2, 0.25) is 0 Å². The summed E-state index contributed by atoms with van der Waals surface area (Å²) in [7, 11) is 1.98.